The lowest BCUT2D eigenvalue weighted by atomic mass is 9.97. The summed E-state index contributed by atoms with van der Waals surface area (Å²) < 4.78 is 6.73. The number of rotatable bonds is 5. The number of carbonyl (C=O) groups is 1. The van der Waals surface area contributed by atoms with Gasteiger partial charge in [-0.05, 0) is 59.2 Å². The number of hydrogen-bond donors (Lipinski definition) is 0. The van der Waals surface area contributed by atoms with E-state index < -0.39 is 5.97 Å². The second-order valence-electron chi connectivity index (χ2n) is 7.09. The molecule has 0 amide bonds. The fourth-order valence-corrected chi connectivity index (χ4v) is 4.55. The first-order chi connectivity index (χ1) is 11.9. The molecule has 0 N–H and O–H groups in total. The van der Waals surface area contributed by atoms with E-state index in [1.807, 2.05) is 19.0 Å². The summed E-state index contributed by atoms with van der Waals surface area (Å²) in [7, 11) is 3.85. The van der Waals surface area contributed by atoms with Crippen molar-refractivity contribution >= 4 is 27.5 Å². The van der Waals surface area contributed by atoms with Crippen LogP contribution in [0.3, 0.4) is 0 Å². The second kappa shape index (κ2) is 7.25. The maximum Gasteiger partial charge on any atom is 0.326 e. The molecule has 136 valence electrons. The third-order valence-corrected chi connectivity index (χ3v) is 5.45. The predicted molar refractivity (Wildman–Crippen MR) is 99.1 cm³/mol. The van der Waals surface area contributed by atoms with Gasteiger partial charge >= 0.3 is 5.97 Å². The van der Waals surface area contributed by atoms with E-state index >= 15 is 0 Å². The van der Waals surface area contributed by atoms with Gasteiger partial charge in [-0.25, -0.2) is 4.98 Å². The first-order valence-electron chi connectivity index (χ1n) is 8.75. The lowest BCUT2D eigenvalue weighted by Gasteiger charge is -2.16. The number of esters is 1. The Hall–Kier alpha value is -1.73. The second-order valence-corrected chi connectivity index (χ2v) is 8.17. The molecule has 1 aliphatic rings. The van der Waals surface area contributed by atoms with E-state index in [1.165, 1.54) is 15.9 Å². The summed E-state index contributed by atoms with van der Waals surface area (Å²) in [5, 5.41) is 0.708. The number of thiophene rings is 1. The first kappa shape index (κ1) is 18.1. The molecular weight excluding hydrogens is 338 g/mol. The Bertz CT molecular complexity index is 851. The van der Waals surface area contributed by atoms with Crippen LogP contribution >= 0.6 is 11.3 Å². The zero-order chi connectivity index (χ0) is 18.1. The average Bonchev–Trinajstić information content (AvgIpc) is 2.88. The van der Waals surface area contributed by atoms with E-state index in [4.69, 9.17) is 9.72 Å². The monoisotopic (exact) mass is 363 g/mol. The molecule has 6 nitrogen and oxygen atoms in total. The van der Waals surface area contributed by atoms with E-state index in [2.05, 4.69) is 0 Å². The van der Waals surface area contributed by atoms with Gasteiger partial charge in [-0.3, -0.25) is 14.2 Å². The quantitative estimate of drug-likeness (QED) is 0.763. The molecule has 0 aliphatic heterocycles. The summed E-state index contributed by atoms with van der Waals surface area (Å²) in [6, 6.07) is 0. The Morgan fingerprint density at radius 2 is 2.04 bits per heavy atom. The SMILES string of the molecule is CC(C)OC(=O)Cn1c(CN(C)C)nc2sc3c(c2c1=O)CCCC3. The average molecular weight is 363 g/mol. The van der Waals surface area contributed by atoms with Crippen LogP contribution in [0, 0.1) is 0 Å². The molecule has 2 aromatic heterocycles. The summed E-state index contributed by atoms with van der Waals surface area (Å²) >= 11 is 1.63. The molecule has 2 aromatic rings. The van der Waals surface area contributed by atoms with Crippen molar-refractivity contribution in [1.29, 1.82) is 0 Å². The molecule has 3 rings (SSSR count). The minimum Gasteiger partial charge on any atom is -0.462 e. The number of hydrogen-bond acceptors (Lipinski definition) is 6. The third kappa shape index (κ3) is 3.77. The van der Waals surface area contributed by atoms with Crippen molar-refractivity contribution in [3.05, 3.63) is 26.6 Å². The highest BCUT2D eigenvalue weighted by molar-refractivity contribution is 7.18. The van der Waals surface area contributed by atoms with Crippen LogP contribution in [0.2, 0.25) is 0 Å². The van der Waals surface area contributed by atoms with Gasteiger partial charge in [-0.2, -0.15) is 0 Å². The van der Waals surface area contributed by atoms with E-state index in [0.29, 0.717) is 17.8 Å². The zero-order valence-corrected chi connectivity index (χ0v) is 16.1. The number of nitrogens with zero attached hydrogens (tertiary/aromatic N) is 3. The molecule has 0 aromatic carbocycles. The predicted octanol–water partition coefficient (Wildman–Crippen LogP) is 2.35. The van der Waals surface area contributed by atoms with Crippen molar-refractivity contribution in [2.24, 2.45) is 0 Å². The highest BCUT2D eigenvalue weighted by Crippen LogP contribution is 2.33. The minimum absolute atomic E-state index is 0.0895. The first-order valence-corrected chi connectivity index (χ1v) is 9.56. The topological polar surface area (TPSA) is 64.4 Å². The summed E-state index contributed by atoms with van der Waals surface area (Å²) in [5.74, 6) is 0.212. The van der Waals surface area contributed by atoms with Crippen molar-refractivity contribution in [3.8, 4) is 0 Å². The Balaban J connectivity index is 2.12. The molecule has 0 unspecified atom stereocenters. The molecule has 0 saturated heterocycles. The van der Waals surface area contributed by atoms with Crippen LogP contribution in [-0.2, 0) is 35.5 Å². The van der Waals surface area contributed by atoms with Crippen molar-refractivity contribution in [3.63, 3.8) is 0 Å². The molecule has 2 heterocycles. The van der Waals surface area contributed by atoms with Crippen LogP contribution in [0.5, 0.6) is 0 Å². The van der Waals surface area contributed by atoms with Gasteiger partial charge in [0.15, 0.2) is 0 Å². The van der Waals surface area contributed by atoms with Crippen LogP contribution in [-0.4, -0.2) is 40.6 Å². The maximum absolute atomic E-state index is 13.2. The van der Waals surface area contributed by atoms with Crippen LogP contribution in [0.15, 0.2) is 4.79 Å². The number of aromatic nitrogens is 2. The van der Waals surface area contributed by atoms with Crippen LogP contribution in [0.1, 0.15) is 43.0 Å². The Kier molecular flexibility index (Phi) is 5.24. The van der Waals surface area contributed by atoms with E-state index in [0.717, 1.165) is 29.7 Å². The molecular formula is C18H25N3O3S. The van der Waals surface area contributed by atoms with E-state index in [-0.39, 0.29) is 18.2 Å². The summed E-state index contributed by atoms with van der Waals surface area (Å²) in [4.78, 5) is 34.1. The van der Waals surface area contributed by atoms with Gasteiger partial charge in [0.25, 0.3) is 5.56 Å². The van der Waals surface area contributed by atoms with Gasteiger partial charge < -0.3 is 9.64 Å². The molecule has 0 atom stereocenters. The fraction of sp³-hybridized carbons (Fsp3) is 0.611. The number of carbonyl (C=O) groups excluding carboxylic acids is 1. The summed E-state index contributed by atoms with van der Waals surface area (Å²) in [6.45, 7) is 4.02. The molecule has 0 bridgehead atoms. The number of ether oxygens (including phenoxy) is 1. The molecule has 0 spiro atoms. The largest absolute Gasteiger partial charge is 0.462 e. The Morgan fingerprint density at radius 3 is 2.72 bits per heavy atom. The lowest BCUT2D eigenvalue weighted by molar-refractivity contribution is -0.148. The summed E-state index contributed by atoms with van der Waals surface area (Å²) in [5.41, 5.74) is 1.04. The molecule has 7 heteroatoms. The van der Waals surface area contributed by atoms with Crippen LogP contribution in [0.25, 0.3) is 10.2 Å². The van der Waals surface area contributed by atoms with Gasteiger partial charge in [0, 0.05) is 4.88 Å². The smallest absolute Gasteiger partial charge is 0.326 e. The molecule has 0 saturated carbocycles. The van der Waals surface area contributed by atoms with Gasteiger partial charge in [0.1, 0.15) is 17.2 Å². The zero-order valence-electron chi connectivity index (χ0n) is 15.3. The minimum atomic E-state index is -0.401. The lowest BCUT2D eigenvalue weighted by Crippen LogP contribution is -2.32. The molecule has 25 heavy (non-hydrogen) atoms. The molecule has 0 radical (unpaired) electrons. The van der Waals surface area contributed by atoms with Gasteiger partial charge in [0.2, 0.25) is 0 Å². The molecule has 1 aliphatic carbocycles. The van der Waals surface area contributed by atoms with Crippen LogP contribution < -0.4 is 5.56 Å². The maximum atomic E-state index is 13.2. The van der Waals surface area contributed by atoms with Crippen molar-refractivity contribution < 1.29 is 9.53 Å². The molecule has 0 fully saturated rings. The van der Waals surface area contributed by atoms with Crippen molar-refractivity contribution in [2.75, 3.05) is 14.1 Å². The van der Waals surface area contributed by atoms with Crippen LogP contribution in [0.4, 0.5) is 0 Å². The Morgan fingerprint density at radius 1 is 1.32 bits per heavy atom. The fourth-order valence-electron chi connectivity index (χ4n) is 3.28. The standard InChI is InChI=1S/C18H25N3O3S/c1-11(2)24-15(22)10-21-14(9-20(3)4)19-17-16(18(21)23)12-7-5-6-8-13(12)25-17/h11H,5-10H2,1-4H3. The van der Waals surface area contributed by atoms with Crippen molar-refractivity contribution in [1.82, 2.24) is 14.5 Å². The van der Waals surface area contributed by atoms with Gasteiger partial charge in [-0.1, -0.05) is 0 Å². The summed E-state index contributed by atoms with van der Waals surface area (Å²) in [6.07, 6.45) is 4.02. The van der Waals surface area contributed by atoms with Gasteiger partial charge in [-0.15, -0.1) is 11.3 Å². The van der Waals surface area contributed by atoms with Gasteiger partial charge in [0.05, 0.1) is 18.0 Å². The highest BCUT2D eigenvalue weighted by atomic mass is 32.1. The third-order valence-electron chi connectivity index (χ3n) is 4.27. The normalized spacial score (nSPS) is 14.3. The number of fused-ring (bicyclic) bond motifs is 3. The number of aryl methyl sites for hydroxylation is 2. The van der Waals surface area contributed by atoms with E-state index in [9.17, 15) is 9.59 Å². The highest BCUT2D eigenvalue weighted by Gasteiger charge is 2.23. The van der Waals surface area contributed by atoms with E-state index in [1.54, 1.807) is 25.2 Å². The van der Waals surface area contributed by atoms with Crippen molar-refractivity contribution in [2.45, 2.75) is 58.7 Å². The Labute approximate surface area is 151 Å².